The highest BCUT2D eigenvalue weighted by Crippen LogP contribution is 2.24. The van der Waals surface area contributed by atoms with Crippen molar-refractivity contribution in [3.63, 3.8) is 0 Å². The Balaban J connectivity index is 2.05. The zero-order chi connectivity index (χ0) is 23.2. The summed E-state index contributed by atoms with van der Waals surface area (Å²) in [4.78, 5) is 15.5. The van der Waals surface area contributed by atoms with Gasteiger partial charge in [0.15, 0.2) is 0 Å². The Hall–Kier alpha value is -2.57. The molecule has 1 amide bonds. The van der Waals surface area contributed by atoms with Gasteiger partial charge >= 0.3 is 6.18 Å². The van der Waals surface area contributed by atoms with Crippen molar-refractivity contribution < 1.29 is 35.9 Å². The summed E-state index contributed by atoms with van der Waals surface area (Å²) in [6, 6.07) is 7.91. The normalized spacial score (nSPS) is 14.1. The van der Waals surface area contributed by atoms with Gasteiger partial charge in [0.25, 0.3) is 0 Å². The molecule has 0 aliphatic heterocycles. The third kappa shape index (κ3) is 8.23. The molecule has 170 valence electrons. The molecule has 0 aliphatic carbocycles. The van der Waals surface area contributed by atoms with Gasteiger partial charge < -0.3 is 10.4 Å². The first-order chi connectivity index (χ1) is 14.4. The fraction of sp³-hybridized carbons (Fsp3) is 0.368. The molecule has 1 heterocycles. The highest BCUT2D eigenvalue weighted by Gasteiger charge is 2.33. The van der Waals surface area contributed by atoms with Crippen molar-refractivity contribution in [1.82, 2.24) is 15.0 Å². The summed E-state index contributed by atoms with van der Waals surface area (Å²) in [6.07, 6.45) is -5.49. The van der Waals surface area contributed by atoms with E-state index >= 15 is 0 Å². The second kappa shape index (κ2) is 10.2. The maximum atomic E-state index is 13.2. The molecule has 0 saturated carbocycles. The Morgan fingerprint density at radius 1 is 1.13 bits per heavy atom. The Bertz CT molecular complexity index is 981. The summed E-state index contributed by atoms with van der Waals surface area (Å²) in [7, 11) is -3.35. The number of aliphatic hydroxyl groups is 1. The van der Waals surface area contributed by atoms with Crippen molar-refractivity contribution in [1.29, 1.82) is 0 Å². The Morgan fingerprint density at radius 2 is 1.74 bits per heavy atom. The van der Waals surface area contributed by atoms with Crippen molar-refractivity contribution in [2.45, 2.75) is 31.3 Å². The lowest BCUT2D eigenvalue weighted by atomic mass is 9.99. The predicted molar refractivity (Wildman–Crippen MR) is 105 cm³/mol. The van der Waals surface area contributed by atoms with Crippen LogP contribution in [0, 0.1) is 0 Å². The number of pyridine rings is 1. The first-order valence-corrected chi connectivity index (χ1v) is 10.9. The van der Waals surface area contributed by atoms with Crippen molar-refractivity contribution in [3.8, 4) is 11.1 Å². The third-order valence-electron chi connectivity index (χ3n) is 4.18. The molecule has 2 rings (SSSR count). The van der Waals surface area contributed by atoms with E-state index in [4.69, 9.17) is 0 Å². The van der Waals surface area contributed by atoms with Crippen LogP contribution in [0.2, 0.25) is 0 Å². The Labute approximate surface area is 176 Å². The molecule has 2 aromatic rings. The Kier molecular flexibility index (Phi) is 8.09. The molecule has 2 unspecified atom stereocenters. The first kappa shape index (κ1) is 24.7. The summed E-state index contributed by atoms with van der Waals surface area (Å²) >= 11 is 0. The number of carbonyl (C=O) groups excluding carboxylic acids is 1. The molecule has 7 nitrogen and oxygen atoms in total. The number of sulfonamides is 1. The van der Waals surface area contributed by atoms with Crippen LogP contribution in [0.15, 0.2) is 42.6 Å². The van der Waals surface area contributed by atoms with E-state index in [1.54, 1.807) is 24.3 Å². The van der Waals surface area contributed by atoms with Crippen LogP contribution < -0.4 is 10.0 Å². The van der Waals surface area contributed by atoms with Crippen molar-refractivity contribution in [3.05, 3.63) is 53.9 Å². The number of halogens is 4. The van der Waals surface area contributed by atoms with Crippen LogP contribution in [-0.4, -0.2) is 49.6 Å². The van der Waals surface area contributed by atoms with Gasteiger partial charge in [-0.2, -0.15) is 13.2 Å². The quantitative estimate of drug-likeness (QED) is 0.495. The van der Waals surface area contributed by atoms with E-state index in [-0.39, 0.29) is 12.1 Å². The van der Waals surface area contributed by atoms with Gasteiger partial charge in [0.2, 0.25) is 15.9 Å². The van der Waals surface area contributed by atoms with Gasteiger partial charge in [-0.05, 0) is 17.2 Å². The zero-order valence-electron chi connectivity index (χ0n) is 16.4. The number of nitrogens with one attached hydrogen (secondary N) is 2. The number of aliphatic hydroxyl groups excluding tert-OH is 1. The maximum Gasteiger partial charge on any atom is 0.397 e. The summed E-state index contributed by atoms with van der Waals surface area (Å²) in [5.74, 6) is -1.43. The maximum absolute atomic E-state index is 13.2. The Morgan fingerprint density at radius 3 is 2.23 bits per heavy atom. The van der Waals surface area contributed by atoms with Crippen molar-refractivity contribution in [2.24, 2.45) is 0 Å². The van der Waals surface area contributed by atoms with Gasteiger partial charge in [0.1, 0.15) is 19.2 Å². The fourth-order valence-corrected chi connectivity index (χ4v) is 3.06. The van der Waals surface area contributed by atoms with Gasteiger partial charge in [0, 0.05) is 11.8 Å². The molecule has 3 N–H and O–H groups in total. The van der Waals surface area contributed by atoms with Crippen LogP contribution in [0.5, 0.6) is 0 Å². The van der Waals surface area contributed by atoms with E-state index in [0.29, 0.717) is 16.8 Å². The summed E-state index contributed by atoms with van der Waals surface area (Å²) in [5.41, 5.74) is 2.08. The standard InChI is InChI=1S/C19H21F4N3O4S/c1-31(29,30)25-11-15-7-6-14(10-24-15)12-2-4-13(5-3-12)18(28)16(9-20)26-17(27)8-19(21,22)23/h2-7,10,16,18,25,28H,8-9,11H2,1H3,(H,26,27). The zero-order valence-corrected chi connectivity index (χ0v) is 17.2. The summed E-state index contributed by atoms with van der Waals surface area (Å²) < 4.78 is 74.5. The molecule has 12 heteroatoms. The van der Waals surface area contributed by atoms with E-state index in [2.05, 4.69) is 9.71 Å². The van der Waals surface area contributed by atoms with E-state index in [0.717, 1.165) is 6.26 Å². The topological polar surface area (TPSA) is 108 Å². The number of alkyl halides is 4. The molecule has 0 bridgehead atoms. The number of carbonyl (C=O) groups is 1. The summed E-state index contributed by atoms with van der Waals surface area (Å²) in [6.45, 7) is -1.21. The average Bonchev–Trinajstić information content (AvgIpc) is 2.68. The van der Waals surface area contributed by atoms with E-state index in [1.807, 2.05) is 5.32 Å². The monoisotopic (exact) mass is 463 g/mol. The highest BCUT2D eigenvalue weighted by molar-refractivity contribution is 7.88. The molecular formula is C19H21F4N3O4S. The number of benzene rings is 1. The van der Waals surface area contributed by atoms with Crippen LogP contribution in [0.25, 0.3) is 11.1 Å². The fourth-order valence-electron chi connectivity index (χ4n) is 2.65. The van der Waals surface area contributed by atoms with Crippen LogP contribution in [-0.2, 0) is 21.4 Å². The van der Waals surface area contributed by atoms with Gasteiger partial charge in [-0.1, -0.05) is 30.3 Å². The SMILES string of the molecule is CS(=O)(=O)NCc1ccc(-c2ccc(C(O)C(CF)NC(=O)CC(F)(F)F)cc2)cn1. The average molecular weight is 463 g/mol. The van der Waals surface area contributed by atoms with Crippen LogP contribution >= 0.6 is 0 Å². The van der Waals surface area contributed by atoms with E-state index in [1.165, 1.54) is 18.3 Å². The summed E-state index contributed by atoms with van der Waals surface area (Å²) in [5, 5.41) is 12.1. The van der Waals surface area contributed by atoms with Crippen LogP contribution in [0.3, 0.4) is 0 Å². The van der Waals surface area contributed by atoms with Gasteiger partial charge in [-0.3, -0.25) is 9.78 Å². The molecule has 1 aromatic carbocycles. The minimum absolute atomic E-state index is 0.0366. The van der Waals surface area contributed by atoms with Crippen molar-refractivity contribution in [2.75, 3.05) is 12.9 Å². The molecule has 31 heavy (non-hydrogen) atoms. The number of aromatic nitrogens is 1. The van der Waals surface area contributed by atoms with Crippen LogP contribution in [0.1, 0.15) is 23.8 Å². The predicted octanol–water partition coefficient (Wildman–Crippen LogP) is 2.24. The second-order valence-electron chi connectivity index (χ2n) is 6.82. The number of nitrogens with zero attached hydrogens (tertiary/aromatic N) is 1. The lowest BCUT2D eigenvalue weighted by Crippen LogP contribution is -2.42. The number of hydrogen-bond donors (Lipinski definition) is 3. The molecule has 0 fully saturated rings. The largest absolute Gasteiger partial charge is 0.397 e. The van der Waals surface area contributed by atoms with Gasteiger partial charge in [-0.15, -0.1) is 0 Å². The number of amides is 1. The van der Waals surface area contributed by atoms with E-state index < -0.39 is 47.3 Å². The minimum atomic E-state index is -4.73. The molecule has 0 saturated heterocycles. The third-order valence-corrected chi connectivity index (χ3v) is 4.85. The van der Waals surface area contributed by atoms with Gasteiger partial charge in [-0.25, -0.2) is 17.5 Å². The van der Waals surface area contributed by atoms with E-state index in [9.17, 15) is 35.9 Å². The molecular weight excluding hydrogens is 442 g/mol. The molecule has 0 radical (unpaired) electrons. The lowest BCUT2D eigenvalue weighted by Gasteiger charge is -2.22. The van der Waals surface area contributed by atoms with Crippen LogP contribution in [0.4, 0.5) is 17.6 Å². The number of rotatable bonds is 9. The molecule has 2 atom stereocenters. The lowest BCUT2D eigenvalue weighted by molar-refractivity contribution is -0.154. The number of hydrogen-bond acceptors (Lipinski definition) is 5. The minimum Gasteiger partial charge on any atom is -0.386 e. The smallest absolute Gasteiger partial charge is 0.386 e. The molecule has 1 aromatic heterocycles. The van der Waals surface area contributed by atoms with Gasteiger partial charge in [0.05, 0.1) is 24.5 Å². The highest BCUT2D eigenvalue weighted by atomic mass is 32.2. The second-order valence-corrected chi connectivity index (χ2v) is 8.65. The molecule has 0 spiro atoms. The molecule has 0 aliphatic rings. The van der Waals surface area contributed by atoms with Crippen molar-refractivity contribution >= 4 is 15.9 Å². The first-order valence-electron chi connectivity index (χ1n) is 8.98.